The van der Waals surface area contributed by atoms with Gasteiger partial charge in [0.1, 0.15) is 6.61 Å². The summed E-state index contributed by atoms with van der Waals surface area (Å²) in [6.45, 7) is 4.48. The highest BCUT2D eigenvalue weighted by Crippen LogP contribution is 2.11. The Morgan fingerprint density at radius 1 is 0.674 bits per heavy atom. The van der Waals surface area contributed by atoms with E-state index in [4.69, 9.17) is 14.2 Å². The SMILES string of the molecule is CC/C=C/C/C=C/C/C=C/CCCCCCC(=O)OC(COCCC(C(=O)O)[N+](C)(C)C)COC(=O)CC/C=C/CCCCCC. The molecule has 8 heteroatoms. The number of rotatable bonds is 30. The van der Waals surface area contributed by atoms with Crippen molar-refractivity contribution in [3.05, 3.63) is 48.6 Å². The maximum atomic E-state index is 12.6. The number of allylic oxidation sites excluding steroid dienone is 8. The third-order valence-electron chi connectivity index (χ3n) is 7.48. The highest BCUT2D eigenvalue weighted by Gasteiger charge is 2.31. The summed E-state index contributed by atoms with van der Waals surface area (Å²) in [6, 6.07) is -0.621. The molecule has 0 rings (SSSR count). The standard InChI is InChI=1S/C38H65NO7/c1-6-8-10-12-14-16-17-18-19-20-21-23-25-27-29-37(41)46-34(32-44-31-30-35(38(42)43)39(3,4)5)33-45-36(40)28-26-24-22-15-13-11-9-7-2/h8,10,14,16,18-19,22,24,34-35H,6-7,9,11-13,15,17,20-21,23,25-33H2,1-5H3/p+1/b10-8+,16-14+,19-18+,24-22+. The summed E-state index contributed by atoms with van der Waals surface area (Å²) in [6.07, 6.45) is 31.8. The summed E-state index contributed by atoms with van der Waals surface area (Å²) in [7, 11) is 5.48. The fraction of sp³-hybridized carbons (Fsp3) is 0.711. The molecule has 0 aliphatic rings. The van der Waals surface area contributed by atoms with Gasteiger partial charge < -0.3 is 23.8 Å². The third-order valence-corrected chi connectivity index (χ3v) is 7.48. The van der Waals surface area contributed by atoms with Crippen LogP contribution in [0.3, 0.4) is 0 Å². The normalized spacial score (nSPS) is 13.7. The number of hydrogen-bond donors (Lipinski definition) is 1. The van der Waals surface area contributed by atoms with Crippen LogP contribution in [0.4, 0.5) is 0 Å². The Morgan fingerprint density at radius 2 is 1.26 bits per heavy atom. The maximum absolute atomic E-state index is 12.6. The Hall–Kier alpha value is -2.71. The molecule has 0 radical (unpaired) electrons. The lowest BCUT2D eigenvalue weighted by Crippen LogP contribution is -2.50. The molecule has 0 spiro atoms. The van der Waals surface area contributed by atoms with Gasteiger partial charge in [0.2, 0.25) is 0 Å². The van der Waals surface area contributed by atoms with Crippen molar-refractivity contribution in [2.75, 3.05) is 41.0 Å². The van der Waals surface area contributed by atoms with E-state index in [1.807, 2.05) is 27.2 Å². The van der Waals surface area contributed by atoms with Gasteiger partial charge in [-0.3, -0.25) is 9.59 Å². The number of hydrogen-bond acceptors (Lipinski definition) is 6. The van der Waals surface area contributed by atoms with E-state index >= 15 is 0 Å². The molecule has 0 aromatic rings. The fourth-order valence-corrected chi connectivity index (χ4v) is 4.71. The summed E-state index contributed by atoms with van der Waals surface area (Å²) in [5.41, 5.74) is 0. The Bertz CT molecular complexity index is 901. The average Bonchev–Trinajstić information content (AvgIpc) is 3.00. The lowest BCUT2D eigenvalue weighted by molar-refractivity contribution is -0.887. The predicted molar refractivity (Wildman–Crippen MR) is 188 cm³/mol. The van der Waals surface area contributed by atoms with Crippen LogP contribution < -0.4 is 0 Å². The second kappa shape index (κ2) is 29.7. The lowest BCUT2D eigenvalue weighted by Gasteiger charge is -2.31. The Labute approximate surface area is 280 Å². The molecule has 0 amide bonds. The smallest absolute Gasteiger partial charge is 0.362 e. The first-order chi connectivity index (χ1) is 22.1. The van der Waals surface area contributed by atoms with Crippen molar-refractivity contribution in [3.8, 4) is 0 Å². The molecule has 0 saturated heterocycles. The molecule has 0 bridgehead atoms. The van der Waals surface area contributed by atoms with Crippen LogP contribution in [-0.2, 0) is 28.6 Å². The van der Waals surface area contributed by atoms with Crippen LogP contribution in [-0.4, -0.2) is 80.6 Å². The van der Waals surface area contributed by atoms with Gasteiger partial charge in [-0.25, -0.2) is 4.79 Å². The minimum atomic E-state index is -0.887. The van der Waals surface area contributed by atoms with Gasteiger partial charge in [-0.1, -0.05) is 94.6 Å². The van der Waals surface area contributed by atoms with E-state index in [2.05, 4.69) is 56.4 Å². The Morgan fingerprint density at radius 3 is 1.89 bits per heavy atom. The first-order valence-electron chi connectivity index (χ1n) is 17.7. The van der Waals surface area contributed by atoms with Crippen molar-refractivity contribution in [1.82, 2.24) is 0 Å². The topological polar surface area (TPSA) is 99.1 Å². The molecular formula is C38H66NO7+. The van der Waals surface area contributed by atoms with E-state index in [0.717, 1.165) is 64.2 Å². The molecule has 1 N–H and O–H groups in total. The van der Waals surface area contributed by atoms with Crippen molar-refractivity contribution in [1.29, 1.82) is 0 Å². The van der Waals surface area contributed by atoms with Gasteiger partial charge in [0, 0.05) is 19.3 Å². The zero-order valence-corrected chi connectivity index (χ0v) is 29.8. The zero-order valence-electron chi connectivity index (χ0n) is 29.8. The van der Waals surface area contributed by atoms with E-state index in [9.17, 15) is 19.5 Å². The average molecular weight is 649 g/mol. The van der Waals surface area contributed by atoms with E-state index in [-0.39, 0.29) is 42.7 Å². The number of carbonyl (C=O) groups excluding carboxylic acids is 2. The summed E-state index contributed by atoms with van der Waals surface area (Å²) in [5.74, 6) is -1.57. The van der Waals surface area contributed by atoms with Crippen LogP contribution in [0.15, 0.2) is 48.6 Å². The number of quaternary nitrogens is 1. The van der Waals surface area contributed by atoms with Gasteiger partial charge in [0.15, 0.2) is 12.1 Å². The highest BCUT2D eigenvalue weighted by molar-refractivity contribution is 5.72. The molecule has 0 heterocycles. The quantitative estimate of drug-likeness (QED) is 0.0361. The molecule has 2 unspecified atom stereocenters. The van der Waals surface area contributed by atoms with Crippen molar-refractivity contribution in [2.45, 2.75) is 135 Å². The molecular weight excluding hydrogens is 582 g/mol. The Balaban J connectivity index is 4.53. The highest BCUT2D eigenvalue weighted by atomic mass is 16.6. The van der Waals surface area contributed by atoms with Crippen LogP contribution in [0, 0.1) is 0 Å². The van der Waals surface area contributed by atoms with Crippen LogP contribution in [0.5, 0.6) is 0 Å². The predicted octanol–water partition coefficient (Wildman–Crippen LogP) is 8.51. The van der Waals surface area contributed by atoms with Gasteiger partial charge in [-0.05, 0) is 57.8 Å². The van der Waals surface area contributed by atoms with Gasteiger partial charge in [-0.2, -0.15) is 0 Å². The van der Waals surface area contributed by atoms with Gasteiger partial charge in [0.05, 0.1) is 34.4 Å². The minimum Gasteiger partial charge on any atom is -0.477 e. The first-order valence-corrected chi connectivity index (χ1v) is 17.7. The van der Waals surface area contributed by atoms with Gasteiger partial charge >= 0.3 is 17.9 Å². The number of carbonyl (C=O) groups is 3. The molecule has 264 valence electrons. The minimum absolute atomic E-state index is 0.0388. The molecule has 0 fully saturated rings. The third kappa shape index (κ3) is 27.6. The van der Waals surface area contributed by atoms with Crippen LogP contribution in [0.1, 0.15) is 123 Å². The van der Waals surface area contributed by atoms with Crippen LogP contribution in [0.2, 0.25) is 0 Å². The monoisotopic (exact) mass is 648 g/mol. The number of carboxylic acids is 1. The second-order valence-electron chi connectivity index (χ2n) is 12.7. The molecule has 0 aromatic heterocycles. The number of likely N-dealkylation sites (N-methyl/N-ethyl adjacent to an activating group) is 1. The zero-order chi connectivity index (χ0) is 34.3. The fourth-order valence-electron chi connectivity index (χ4n) is 4.71. The lowest BCUT2D eigenvalue weighted by atomic mass is 10.1. The van der Waals surface area contributed by atoms with Crippen molar-refractivity contribution >= 4 is 17.9 Å². The van der Waals surface area contributed by atoms with E-state index in [1.165, 1.54) is 19.3 Å². The maximum Gasteiger partial charge on any atom is 0.362 e. The molecule has 8 nitrogen and oxygen atoms in total. The second-order valence-corrected chi connectivity index (χ2v) is 12.7. The molecule has 0 aliphatic carbocycles. The molecule has 2 atom stereocenters. The summed E-state index contributed by atoms with van der Waals surface area (Å²) in [5, 5.41) is 9.55. The summed E-state index contributed by atoms with van der Waals surface area (Å²) < 4.78 is 17.0. The number of ether oxygens (including phenoxy) is 3. The number of nitrogens with zero attached hydrogens (tertiary/aromatic N) is 1. The molecule has 0 aliphatic heterocycles. The Kier molecular flexibility index (Phi) is 27.9. The van der Waals surface area contributed by atoms with Crippen molar-refractivity contribution in [3.63, 3.8) is 0 Å². The summed E-state index contributed by atoms with van der Waals surface area (Å²) in [4.78, 5) is 36.6. The largest absolute Gasteiger partial charge is 0.477 e. The van der Waals surface area contributed by atoms with Crippen molar-refractivity contribution < 1.29 is 38.2 Å². The van der Waals surface area contributed by atoms with E-state index < -0.39 is 18.1 Å². The van der Waals surface area contributed by atoms with Crippen LogP contribution in [0.25, 0.3) is 0 Å². The van der Waals surface area contributed by atoms with Crippen molar-refractivity contribution in [2.24, 2.45) is 0 Å². The number of carboxylic acid groups (broad SMARTS) is 1. The number of aliphatic carboxylic acids is 1. The van der Waals surface area contributed by atoms with Gasteiger partial charge in [-0.15, -0.1) is 0 Å². The molecule has 46 heavy (non-hydrogen) atoms. The number of esters is 2. The van der Waals surface area contributed by atoms with Gasteiger partial charge in [0.25, 0.3) is 0 Å². The molecule has 0 aromatic carbocycles. The molecule has 0 saturated carbocycles. The van der Waals surface area contributed by atoms with E-state index in [0.29, 0.717) is 19.3 Å². The van der Waals surface area contributed by atoms with Crippen LogP contribution >= 0.6 is 0 Å². The summed E-state index contributed by atoms with van der Waals surface area (Å²) >= 11 is 0. The number of unbranched alkanes of at least 4 members (excludes halogenated alkanes) is 8. The first kappa shape index (κ1) is 43.3. The van der Waals surface area contributed by atoms with E-state index in [1.54, 1.807) is 0 Å².